The van der Waals surface area contributed by atoms with Gasteiger partial charge >= 0.3 is 0 Å². The minimum Gasteiger partial charge on any atom is -0.506 e. The van der Waals surface area contributed by atoms with Gasteiger partial charge in [0.15, 0.2) is 4.34 Å². The topological polar surface area (TPSA) is 84.9 Å². The Labute approximate surface area is 117 Å². The Morgan fingerprint density at radius 1 is 1.26 bits per heavy atom. The number of rotatable bonds is 3. The Balaban J connectivity index is 1.91. The number of nitrogens with zero attached hydrogens (tertiary/aromatic N) is 3. The van der Waals surface area contributed by atoms with Crippen molar-refractivity contribution in [2.75, 3.05) is 5.73 Å². The maximum Gasteiger partial charge on any atom is 0.203 e. The third-order valence-corrected chi connectivity index (χ3v) is 4.55. The van der Waals surface area contributed by atoms with Crippen LogP contribution in [-0.4, -0.2) is 20.3 Å². The van der Waals surface area contributed by atoms with E-state index in [9.17, 15) is 5.11 Å². The summed E-state index contributed by atoms with van der Waals surface area (Å²) in [6.45, 7) is 0. The molecule has 0 fully saturated rings. The van der Waals surface area contributed by atoms with Crippen LogP contribution in [0.2, 0.25) is 0 Å². The Hall–Kier alpha value is -1.86. The molecular weight excluding hydrogens is 280 g/mol. The number of benzene rings is 1. The summed E-state index contributed by atoms with van der Waals surface area (Å²) in [6.07, 6.45) is 1.67. The third-order valence-electron chi connectivity index (χ3n) is 2.61. The SMILES string of the molecule is Nc1nnc(SCc2ccc(O)c3ncccc23)s1. The molecule has 0 spiro atoms. The van der Waals surface area contributed by atoms with Crippen molar-refractivity contribution in [3.8, 4) is 5.75 Å². The number of aromatic hydroxyl groups is 1. The van der Waals surface area contributed by atoms with Crippen molar-refractivity contribution in [3.63, 3.8) is 0 Å². The smallest absolute Gasteiger partial charge is 0.203 e. The van der Waals surface area contributed by atoms with Crippen LogP contribution in [0.4, 0.5) is 5.13 Å². The number of phenolic OH excluding ortho intramolecular Hbond substituents is 1. The predicted molar refractivity (Wildman–Crippen MR) is 77.3 cm³/mol. The Morgan fingerprint density at radius 2 is 2.16 bits per heavy atom. The molecule has 0 bridgehead atoms. The number of pyridine rings is 1. The van der Waals surface area contributed by atoms with Crippen LogP contribution in [-0.2, 0) is 5.75 Å². The quantitative estimate of drug-likeness (QED) is 0.721. The van der Waals surface area contributed by atoms with Crippen molar-refractivity contribution < 1.29 is 5.11 Å². The number of aromatic nitrogens is 3. The second-order valence-electron chi connectivity index (χ2n) is 3.84. The molecular formula is C12H10N4OS2. The molecule has 0 unspecified atom stereocenters. The maximum atomic E-state index is 9.78. The van der Waals surface area contributed by atoms with Crippen LogP contribution in [0.15, 0.2) is 34.8 Å². The summed E-state index contributed by atoms with van der Waals surface area (Å²) in [5.41, 5.74) is 7.27. The van der Waals surface area contributed by atoms with Gasteiger partial charge in [0.25, 0.3) is 0 Å². The molecule has 0 atom stereocenters. The van der Waals surface area contributed by atoms with E-state index in [-0.39, 0.29) is 5.75 Å². The number of nitrogens with two attached hydrogens (primary N) is 1. The average molecular weight is 290 g/mol. The lowest BCUT2D eigenvalue weighted by atomic mass is 10.1. The van der Waals surface area contributed by atoms with Crippen molar-refractivity contribution in [1.82, 2.24) is 15.2 Å². The minimum absolute atomic E-state index is 0.199. The highest BCUT2D eigenvalue weighted by atomic mass is 32.2. The first-order chi connectivity index (χ1) is 9.24. The van der Waals surface area contributed by atoms with E-state index in [1.807, 2.05) is 18.2 Å². The van der Waals surface area contributed by atoms with Gasteiger partial charge in [-0.25, -0.2) is 0 Å². The van der Waals surface area contributed by atoms with E-state index in [0.717, 1.165) is 21.0 Å². The first-order valence-corrected chi connectivity index (χ1v) is 7.31. The first-order valence-electron chi connectivity index (χ1n) is 5.51. The van der Waals surface area contributed by atoms with Gasteiger partial charge in [-0.3, -0.25) is 4.98 Å². The fourth-order valence-corrected chi connectivity index (χ4v) is 3.40. The maximum absolute atomic E-state index is 9.78. The lowest BCUT2D eigenvalue weighted by Crippen LogP contribution is -1.86. The molecule has 1 aromatic carbocycles. The van der Waals surface area contributed by atoms with Crippen LogP contribution in [0.25, 0.3) is 10.9 Å². The lowest BCUT2D eigenvalue weighted by Gasteiger charge is -2.05. The number of nitrogen functional groups attached to an aromatic ring is 1. The predicted octanol–water partition coefficient (Wildman–Crippen LogP) is 2.67. The van der Waals surface area contributed by atoms with Gasteiger partial charge in [-0.15, -0.1) is 10.2 Å². The monoisotopic (exact) mass is 290 g/mol. The highest BCUT2D eigenvalue weighted by molar-refractivity contribution is 8.00. The zero-order chi connectivity index (χ0) is 13.2. The Kier molecular flexibility index (Phi) is 3.22. The van der Waals surface area contributed by atoms with E-state index in [1.54, 1.807) is 24.0 Å². The highest BCUT2D eigenvalue weighted by Crippen LogP contribution is 2.31. The molecule has 0 aliphatic heterocycles. The van der Waals surface area contributed by atoms with Crippen molar-refractivity contribution in [2.24, 2.45) is 0 Å². The fourth-order valence-electron chi connectivity index (χ4n) is 1.76. The normalized spacial score (nSPS) is 10.9. The summed E-state index contributed by atoms with van der Waals surface area (Å²) in [6, 6.07) is 7.38. The molecule has 3 rings (SSSR count). The summed E-state index contributed by atoms with van der Waals surface area (Å²) in [4.78, 5) is 4.20. The summed E-state index contributed by atoms with van der Waals surface area (Å²) in [7, 11) is 0. The number of thioether (sulfide) groups is 1. The molecule has 0 amide bonds. The first kappa shape index (κ1) is 12.2. The summed E-state index contributed by atoms with van der Waals surface area (Å²) in [5.74, 6) is 0.932. The van der Waals surface area contributed by atoms with Gasteiger partial charge in [0, 0.05) is 17.3 Å². The molecule has 0 aliphatic rings. The van der Waals surface area contributed by atoms with E-state index in [0.29, 0.717) is 10.6 Å². The largest absolute Gasteiger partial charge is 0.506 e. The summed E-state index contributed by atoms with van der Waals surface area (Å²) < 4.78 is 0.836. The van der Waals surface area contributed by atoms with Gasteiger partial charge in [-0.05, 0) is 17.7 Å². The molecule has 3 N–H and O–H groups in total. The fraction of sp³-hybridized carbons (Fsp3) is 0.0833. The zero-order valence-corrected chi connectivity index (χ0v) is 11.4. The Morgan fingerprint density at radius 3 is 2.95 bits per heavy atom. The molecule has 7 heteroatoms. The molecule has 0 saturated carbocycles. The van der Waals surface area contributed by atoms with E-state index < -0.39 is 0 Å². The van der Waals surface area contributed by atoms with Gasteiger partial charge in [0.1, 0.15) is 11.3 Å². The minimum atomic E-state index is 0.199. The van der Waals surface area contributed by atoms with Crippen LogP contribution in [0.5, 0.6) is 5.75 Å². The zero-order valence-electron chi connectivity index (χ0n) is 9.78. The number of fused-ring (bicyclic) bond motifs is 1. The number of hydrogen-bond donors (Lipinski definition) is 2. The molecule has 0 aliphatic carbocycles. The van der Waals surface area contributed by atoms with Gasteiger partial charge in [-0.1, -0.05) is 35.2 Å². The molecule has 3 aromatic rings. The second-order valence-corrected chi connectivity index (χ2v) is 6.07. The van der Waals surface area contributed by atoms with E-state index in [1.165, 1.54) is 11.3 Å². The van der Waals surface area contributed by atoms with Crippen LogP contribution in [0, 0.1) is 0 Å². The molecule has 2 heterocycles. The average Bonchev–Trinajstić information content (AvgIpc) is 2.84. The molecule has 0 radical (unpaired) electrons. The number of anilines is 1. The van der Waals surface area contributed by atoms with Crippen molar-refractivity contribution in [2.45, 2.75) is 10.1 Å². The molecule has 19 heavy (non-hydrogen) atoms. The summed E-state index contributed by atoms with van der Waals surface area (Å²) >= 11 is 2.94. The van der Waals surface area contributed by atoms with Gasteiger partial charge in [0.05, 0.1) is 0 Å². The van der Waals surface area contributed by atoms with E-state index in [2.05, 4.69) is 15.2 Å². The van der Waals surface area contributed by atoms with Gasteiger partial charge < -0.3 is 10.8 Å². The second kappa shape index (κ2) is 5.02. The third kappa shape index (κ3) is 2.47. The van der Waals surface area contributed by atoms with Crippen molar-refractivity contribution in [3.05, 3.63) is 36.0 Å². The molecule has 0 saturated heterocycles. The summed E-state index contributed by atoms with van der Waals surface area (Å²) in [5, 5.41) is 18.9. The van der Waals surface area contributed by atoms with E-state index in [4.69, 9.17) is 5.73 Å². The molecule has 96 valence electrons. The van der Waals surface area contributed by atoms with Gasteiger partial charge in [-0.2, -0.15) is 0 Å². The van der Waals surface area contributed by atoms with Crippen LogP contribution < -0.4 is 5.73 Å². The van der Waals surface area contributed by atoms with Gasteiger partial charge in [0.2, 0.25) is 5.13 Å². The van der Waals surface area contributed by atoms with Crippen molar-refractivity contribution in [1.29, 1.82) is 0 Å². The number of phenols is 1. The highest BCUT2D eigenvalue weighted by Gasteiger charge is 2.08. The Bertz CT molecular complexity index is 729. The molecule has 2 aromatic heterocycles. The van der Waals surface area contributed by atoms with Crippen molar-refractivity contribution >= 4 is 39.1 Å². The van der Waals surface area contributed by atoms with E-state index >= 15 is 0 Å². The molecule has 5 nitrogen and oxygen atoms in total. The lowest BCUT2D eigenvalue weighted by molar-refractivity contribution is 0.480. The van der Waals surface area contributed by atoms with Crippen LogP contribution in [0.1, 0.15) is 5.56 Å². The van der Waals surface area contributed by atoms with Crippen LogP contribution in [0.3, 0.4) is 0 Å². The number of hydrogen-bond acceptors (Lipinski definition) is 7. The standard InChI is InChI=1S/C12H10N4OS2/c13-11-15-16-12(19-11)18-6-7-3-4-9(17)10-8(7)2-1-5-14-10/h1-5,17H,6H2,(H2,13,15). The van der Waals surface area contributed by atoms with Crippen LogP contribution >= 0.6 is 23.1 Å².